The molecule has 1 fully saturated rings. The number of nitrogens with zero attached hydrogens (tertiary/aromatic N) is 4. The van der Waals surface area contributed by atoms with Gasteiger partial charge in [0.05, 0.1) is 27.2 Å². The molecule has 6 nitrogen and oxygen atoms in total. The molecule has 0 amide bonds. The lowest BCUT2D eigenvalue weighted by Gasteiger charge is -2.43. The summed E-state index contributed by atoms with van der Waals surface area (Å²) in [6, 6.07) is 0. The second-order valence-corrected chi connectivity index (χ2v) is 7.04. The zero-order valence-corrected chi connectivity index (χ0v) is 14.2. The van der Waals surface area contributed by atoms with E-state index in [2.05, 4.69) is 11.9 Å². The van der Waals surface area contributed by atoms with E-state index >= 15 is 0 Å². The van der Waals surface area contributed by atoms with Crippen LogP contribution in [0.2, 0.25) is 0 Å². The maximum atomic E-state index is 10.3. The fourth-order valence-corrected chi connectivity index (χ4v) is 3.20. The van der Waals surface area contributed by atoms with E-state index in [1.807, 2.05) is 41.8 Å². The van der Waals surface area contributed by atoms with Crippen LogP contribution in [-0.2, 0) is 13.6 Å². The molecule has 0 radical (unpaired) electrons. The number of rotatable bonds is 7. The minimum absolute atomic E-state index is 0.198. The first kappa shape index (κ1) is 17.4. The van der Waals surface area contributed by atoms with Gasteiger partial charge in [-0.3, -0.25) is 4.90 Å². The minimum atomic E-state index is -0.342. The Morgan fingerprint density at radius 3 is 2.41 bits per heavy atom. The standard InChI is InChI=1S/C16H32N4O2/c1-4-15(21)13-20(3)9-7-18(8-10-20)11-16(22)12-19-6-5-17(2)14-19/h5-6,14-16,21-22H,4,7-13H2,1-3H3/q+2. The number of aromatic nitrogens is 2. The Bertz CT molecular complexity index is 455. The number of piperazine rings is 1. The Morgan fingerprint density at radius 2 is 1.86 bits per heavy atom. The normalized spacial score (nSPS) is 21.7. The molecule has 2 rings (SSSR count). The number of aryl methyl sites for hydroxylation is 1. The molecule has 2 unspecified atom stereocenters. The van der Waals surface area contributed by atoms with Gasteiger partial charge in [0.1, 0.15) is 37.7 Å². The second kappa shape index (κ2) is 7.55. The highest BCUT2D eigenvalue weighted by Crippen LogP contribution is 2.13. The first-order valence-corrected chi connectivity index (χ1v) is 8.33. The third-order valence-corrected chi connectivity index (χ3v) is 4.75. The molecular weight excluding hydrogens is 280 g/mol. The summed E-state index contributed by atoms with van der Waals surface area (Å²) in [7, 11) is 4.21. The Labute approximate surface area is 133 Å². The summed E-state index contributed by atoms with van der Waals surface area (Å²) in [5, 5.41) is 20.1. The summed E-state index contributed by atoms with van der Waals surface area (Å²) in [5.41, 5.74) is 0. The van der Waals surface area contributed by atoms with Gasteiger partial charge in [0.15, 0.2) is 0 Å². The van der Waals surface area contributed by atoms with Gasteiger partial charge < -0.3 is 14.7 Å². The number of likely N-dealkylation sites (N-methyl/N-ethyl adjacent to an activating group) is 1. The average molecular weight is 312 g/mol. The molecule has 6 heteroatoms. The molecule has 126 valence electrons. The summed E-state index contributed by atoms with van der Waals surface area (Å²) < 4.78 is 4.94. The molecule has 22 heavy (non-hydrogen) atoms. The van der Waals surface area contributed by atoms with Gasteiger partial charge in [-0.15, -0.1) is 0 Å². The average Bonchev–Trinajstić information content (AvgIpc) is 2.86. The van der Waals surface area contributed by atoms with Gasteiger partial charge in [0.2, 0.25) is 6.33 Å². The number of hydrogen-bond acceptors (Lipinski definition) is 3. The predicted octanol–water partition coefficient (Wildman–Crippen LogP) is -0.793. The van der Waals surface area contributed by atoms with Gasteiger partial charge >= 0.3 is 0 Å². The number of aliphatic hydroxyl groups is 2. The van der Waals surface area contributed by atoms with E-state index in [0.29, 0.717) is 6.54 Å². The molecule has 1 aliphatic heterocycles. The summed E-state index contributed by atoms with van der Waals surface area (Å²) >= 11 is 0. The van der Waals surface area contributed by atoms with E-state index in [4.69, 9.17) is 0 Å². The van der Waals surface area contributed by atoms with Crippen LogP contribution in [-0.4, -0.2) is 82.7 Å². The number of aliphatic hydroxyl groups excluding tert-OH is 2. The zero-order valence-electron chi connectivity index (χ0n) is 14.2. The summed E-state index contributed by atoms with van der Waals surface area (Å²) in [6.07, 6.45) is 6.24. The first-order chi connectivity index (χ1) is 10.4. The molecule has 0 aromatic carbocycles. The Balaban J connectivity index is 1.74. The second-order valence-electron chi connectivity index (χ2n) is 7.04. The van der Waals surface area contributed by atoms with Crippen molar-refractivity contribution in [3.63, 3.8) is 0 Å². The van der Waals surface area contributed by atoms with Crippen LogP contribution in [0.4, 0.5) is 0 Å². The fourth-order valence-electron chi connectivity index (χ4n) is 3.20. The summed E-state index contributed by atoms with van der Waals surface area (Å²) in [6.45, 7) is 8.30. The van der Waals surface area contributed by atoms with Gasteiger partial charge in [-0.25, -0.2) is 9.13 Å². The van der Waals surface area contributed by atoms with Crippen LogP contribution in [0.1, 0.15) is 13.3 Å². The Hall–Kier alpha value is -0.950. The molecule has 0 bridgehead atoms. The largest absolute Gasteiger partial charge is 0.388 e. The van der Waals surface area contributed by atoms with Gasteiger partial charge in [-0.05, 0) is 6.42 Å². The van der Waals surface area contributed by atoms with Gasteiger partial charge in [0.25, 0.3) is 0 Å². The Kier molecular flexibility index (Phi) is 5.97. The van der Waals surface area contributed by atoms with E-state index in [0.717, 1.165) is 50.2 Å². The van der Waals surface area contributed by atoms with Crippen molar-refractivity contribution in [1.29, 1.82) is 0 Å². The van der Waals surface area contributed by atoms with Gasteiger partial charge in [-0.2, -0.15) is 0 Å². The maximum absolute atomic E-state index is 10.3. The van der Waals surface area contributed by atoms with Crippen LogP contribution in [0.25, 0.3) is 0 Å². The highest BCUT2D eigenvalue weighted by atomic mass is 16.3. The first-order valence-electron chi connectivity index (χ1n) is 8.33. The molecule has 1 aliphatic rings. The molecule has 2 N–H and O–H groups in total. The van der Waals surface area contributed by atoms with Crippen LogP contribution < -0.4 is 4.57 Å². The highest BCUT2D eigenvalue weighted by Gasteiger charge is 2.31. The number of quaternary nitrogens is 1. The summed E-state index contributed by atoms with van der Waals surface area (Å²) in [4.78, 5) is 2.34. The van der Waals surface area contributed by atoms with Crippen molar-refractivity contribution >= 4 is 0 Å². The molecule has 1 aromatic rings. The van der Waals surface area contributed by atoms with Crippen molar-refractivity contribution in [2.24, 2.45) is 7.05 Å². The lowest BCUT2D eigenvalue weighted by atomic mass is 10.2. The smallest absolute Gasteiger partial charge is 0.243 e. The van der Waals surface area contributed by atoms with Gasteiger partial charge in [-0.1, -0.05) is 6.92 Å². The monoisotopic (exact) mass is 312 g/mol. The van der Waals surface area contributed by atoms with E-state index in [-0.39, 0.29) is 12.2 Å². The van der Waals surface area contributed by atoms with Crippen LogP contribution in [0.3, 0.4) is 0 Å². The molecule has 0 spiro atoms. The fraction of sp³-hybridized carbons (Fsp3) is 0.812. The van der Waals surface area contributed by atoms with Crippen LogP contribution in [0.15, 0.2) is 18.7 Å². The van der Waals surface area contributed by atoms with Crippen molar-refractivity contribution in [3.05, 3.63) is 18.7 Å². The van der Waals surface area contributed by atoms with Crippen molar-refractivity contribution in [1.82, 2.24) is 9.47 Å². The molecule has 0 saturated carbocycles. The van der Waals surface area contributed by atoms with Crippen molar-refractivity contribution in [2.75, 3.05) is 46.3 Å². The topological polar surface area (TPSA) is 52.5 Å². The van der Waals surface area contributed by atoms with Crippen LogP contribution >= 0.6 is 0 Å². The maximum Gasteiger partial charge on any atom is 0.243 e. The predicted molar refractivity (Wildman–Crippen MR) is 85.1 cm³/mol. The minimum Gasteiger partial charge on any atom is -0.388 e. The molecule has 0 aliphatic carbocycles. The molecule has 2 heterocycles. The van der Waals surface area contributed by atoms with Crippen molar-refractivity contribution < 1.29 is 19.3 Å². The lowest BCUT2D eigenvalue weighted by Crippen LogP contribution is -2.60. The quantitative estimate of drug-likeness (QED) is 0.512. The van der Waals surface area contributed by atoms with Crippen molar-refractivity contribution in [3.8, 4) is 0 Å². The third-order valence-electron chi connectivity index (χ3n) is 4.75. The van der Waals surface area contributed by atoms with E-state index < -0.39 is 0 Å². The molecule has 2 atom stereocenters. The van der Waals surface area contributed by atoms with E-state index in [9.17, 15) is 10.2 Å². The van der Waals surface area contributed by atoms with Crippen LogP contribution in [0.5, 0.6) is 0 Å². The zero-order chi connectivity index (χ0) is 16.2. The molecule has 1 aromatic heterocycles. The SMILES string of the molecule is CCC(O)C[N+]1(C)CCN(CC(O)Cn2cc[n+](C)c2)CC1. The van der Waals surface area contributed by atoms with E-state index in [1.165, 1.54) is 0 Å². The molecule has 1 saturated heterocycles. The van der Waals surface area contributed by atoms with Crippen molar-refractivity contribution in [2.45, 2.75) is 32.1 Å². The number of imidazole rings is 1. The summed E-state index contributed by atoms with van der Waals surface area (Å²) in [5.74, 6) is 0. The number of hydrogen-bond donors (Lipinski definition) is 2. The number of β-amino-alcohol motifs (C(OH)–C–C–N with tert-alkyl or cyclic N) is 1. The molecular formula is C16H32N4O2+2. The lowest BCUT2D eigenvalue weighted by molar-refractivity contribution is -0.916. The van der Waals surface area contributed by atoms with E-state index in [1.54, 1.807) is 0 Å². The van der Waals surface area contributed by atoms with Gasteiger partial charge in [0, 0.05) is 19.6 Å². The Morgan fingerprint density at radius 1 is 1.18 bits per heavy atom. The third kappa shape index (κ3) is 5.05. The van der Waals surface area contributed by atoms with Crippen LogP contribution in [0, 0.1) is 0 Å². The highest BCUT2D eigenvalue weighted by molar-refractivity contribution is 4.73.